The Bertz CT molecular complexity index is 509. The number of anilines is 1. The molecular formula is C13H15N3O2. The highest BCUT2D eigenvalue weighted by Crippen LogP contribution is 2.10. The molecule has 0 aliphatic heterocycles. The van der Waals surface area contributed by atoms with E-state index in [1.54, 1.807) is 30.7 Å². The summed E-state index contributed by atoms with van der Waals surface area (Å²) in [4.78, 5) is 14.8. The molecule has 0 fully saturated rings. The van der Waals surface area contributed by atoms with E-state index < -0.39 is 5.97 Å². The third kappa shape index (κ3) is 3.35. The average Bonchev–Trinajstić information content (AvgIpc) is 2.88. The number of aromatic nitrogens is 2. The first kappa shape index (κ1) is 12.2. The molecule has 1 aromatic carbocycles. The molecule has 0 saturated carbocycles. The number of carboxylic acids is 1. The van der Waals surface area contributed by atoms with E-state index in [0.717, 1.165) is 25.2 Å². The summed E-state index contributed by atoms with van der Waals surface area (Å²) in [6, 6.07) is 6.82. The van der Waals surface area contributed by atoms with E-state index >= 15 is 0 Å². The Labute approximate surface area is 105 Å². The van der Waals surface area contributed by atoms with Crippen LogP contribution < -0.4 is 5.32 Å². The molecular weight excluding hydrogens is 230 g/mol. The first-order valence-corrected chi connectivity index (χ1v) is 5.79. The van der Waals surface area contributed by atoms with Crippen molar-refractivity contribution in [1.82, 2.24) is 9.55 Å². The average molecular weight is 245 g/mol. The molecule has 2 aromatic rings. The van der Waals surface area contributed by atoms with Crippen molar-refractivity contribution in [3.63, 3.8) is 0 Å². The van der Waals surface area contributed by atoms with Crippen LogP contribution in [0.4, 0.5) is 5.69 Å². The quantitative estimate of drug-likeness (QED) is 0.765. The van der Waals surface area contributed by atoms with Crippen molar-refractivity contribution < 1.29 is 9.90 Å². The smallest absolute Gasteiger partial charge is 0.335 e. The van der Waals surface area contributed by atoms with Crippen LogP contribution in [0.2, 0.25) is 0 Å². The third-order valence-corrected chi connectivity index (χ3v) is 2.59. The van der Waals surface area contributed by atoms with Crippen LogP contribution in [-0.2, 0) is 6.54 Å². The Morgan fingerprint density at radius 1 is 1.44 bits per heavy atom. The van der Waals surface area contributed by atoms with Gasteiger partial charge in [-0.3, -0.25) is 0 Å². The zero-order valence-corrected chi connectivity index (χ0v) is 9.91. The molecule has 18 heavy (non-hydrogen) atoms. The van der Waals surface area contributed by atoms with Gasteiger partial charge in [-0.05, 0) is 24.6 Å². The lowest BCUT2D eigenvalue weighted by Crippen LogP contribution is -2.06. The second kappa shape index (κ2) is 5.86. The lowest BCUT2D eigenvalue weighted by atomic mass is 10.2. The molecule has 0 aliphatic rings. The van der Waals surface area contributed by atoms with Crippen molar-refractivity contribution in [2.45, 2.75) is 13.0 Å². The minimum absolute atomic E-state index is 0.301. The summed E-state index contributed by atoms with van der Waals surface area (Å²) < 4.78 is 2.01. The summed E-state index contributed by atoms with van der Waals surface area (Å²) in [5.74, 6) is -0.905. The summed E-state index contributed by atoms with van der Waals surface area (Å²) in [5.41, 5.74) is 1.13. The van der Waals surface area contributed by atoms with Gasteiger partial charge in [-0.1, -0.05) is 6.07 Å². The minimum Gasteiger partial charge on any atom is -0.478 e. The fourth-order valence-electron chi connectivity index (χ4n) is 1.68. The van der Waals surface area contributed by atoms with Crippen molar-refractivity contribution in [3.05, 3.63) is 48.5 Å². The molecule has 0 radical (unpaired) electrons. The summed E-state index contributed by atoms with van der Waals surface area (Å²) in [6.45, 7) is 1.69. The van der Waals surface area contributed by atoms with Gasteiger partial charge in [-0.25, -0.2) is 9.78 Å². The maximum atomic E-state index is 10.8. The molecule has 2 N–H and O–H groups in total. The Hall–Kier alpha value is -2.30. The number of carbonyl (C=O) groups is 1. The van der Waals surface area contributed by atoms with Crippen LogP contribution in [0.15, 0.2) is 43.0 Å². The molecule has 1 aromatic heterocycles. The monoisotopic (exact) mass is 245 g/mol. The first-order chi connectivity index (χ1) is 8.75. The molecule has 5 nitrogen and oxygen atoms in total. The van der Waals surface area contributed by atoms with Gasteiger partial charge in [0.05, 0.1) is 11.9 Å². The maximum absolute atomic E-state index is 10.8. The summed E-state index contributed by atoms with van der Waals surface area (Å²) in [6.07, 6.45) is 6.41. The molecule has 2 rings (SSSR count). The molecule has 0 spiro atoms. The topological polar surface area (TPSA) is 67.2 Å². The Balaban J connectivity index is 1.79. The zero-order valence-electron chi connectivity index (χ0n) is 9.91. The molecule has 1 heterocycles. The van der Waals surface area contributed by atoms with Gasteiger partial charge in [0.15, 0.2) is 0 Å². The van der Waals surface area contributed by atoms with E-state index in [-0.39, 0.29) is 0 Å². The van der Waals surface area contributed by atoms with E-state index in [1.165, 1.54) is 0 Å². The SMILES string of the molecule is O=C(O)c1cccc(NCCCn2ccnc2)c1. The van der Waals surface area contributed by atoms with Crippen LogP contribution in [0.1, 0.15) is 16.8 Å². The molecule has 0 unspecified atom stereocenters. The van der Waals surface area contributed by atoms with Gasteiger partial charge in [0, 0.05) is 31.2 Å². The van der Waals surface area contributed by atoms with Crippen molar-refractivity contribution in [3.8, 4) is 0 Å². The van der Waals surface area contributed by atoms with Gasteiger partial charge in [-0.15, -0.1) is 0 Å². The Morgan fingerprint density at radius 3 is 3.06 bits per heavy atom. The molecule has 0 amide bonds. The van der Waals surface area contributed by atoms with Crippen LogP contribution in [0.3, 0.4) is 0 Å². The number of hydrogen-bond acceptors (Lipinski definition) is 3. The fourth-order valence-corrected chi connectivity index (χ4v) is 1.68. The summed E-state index contributed by atoms with van der Waals surface area (Å²) in [7, 11) is 0. The van der Waals surface area contributed by atoms with E-state index in [4.69, 9.17) is 5.11 Å². The molecule has 94 valence electrons. The van der Waals surface area contributed by atoms with Crippen molar-refractivity contribution >= 4 is 11.7 Å². The first-order valence-electron chi connectivity index (χ1n) is 5.79. The van der Waals surface area contributed by atoms with Gasteiger partial charge in [0.2, 0.25) is 0 Å². The van der Waals surface area contributed by atoms with E-state index in [2.05, 4.69) is 10.3 Å². The minimum atomic E-state index is -0.905. The number of aryl methyl sites for hydroxylation is 1. The molecule has 5 heteroatoms. The third-order valence-electron chi connectivity index (χ3n) is 2.59. The normalized spacial score (nSPS) is 10.2. The fraction of sp³-hybridized carbons (Fsp3) is 0.231. The maximum Gasteiger partial charge on any atom is 0.335 e. The van der Waals surface area contributed by atoms with Crippen LogP contribution >= 0.6 is 0 Å². The Kier molecular flexibility index (Phi) is 3.96. The van der Waals surface area contributed by atoms with Crippen molar-refractivity contribution in [1.29, 1.82) is 0 Å². The van der Waals surface area contributed by atoms with Gasteiger partial charge < -0.3 is 15.0 Å². The molecule has 0 bridgehead atoms. The van der Waals surface area contributed by atoms with Crippen LogP contribution in [0.25, 0.3) is 0 Å². The van der Waals surface area contributed by atoms with Crippen LogP contribution in [0.5, 0.6) is 0 Å². The van der Waals surface area contributed by atoms with Crippen LogP contribution in [-0.4, -0.2) is 27.2 Å². The second-order valence-corrected chi connectivity index (χ2v) is 3.97. The van der Waals surface area contributed by atoms with E-state index in [9.17, 15) is 4.79 Å². The van der Waals surface area contributed by atoms with Gasteiger partial charge in [0.1, 0.15) is 0 Å². The zero-order chi connectivity index (χ0) is 12.8. The standard InChI is InChI=1S/C13H15N3O2/c17-13(18)11-3-1-4-12(9-11)15-5-2-7-16-8-6-14-10-16/h1,3-4,6,8-10,15H,2,5,7H2,(H,17,18). The number of rotatable bonds is 6. The van der Waals surface area contributed by atoms with Crippen LogP contribution in [0, 0.1) is 0 Å². The number of carboxylic acid groups (broad SMARTS) is 1. The van der Waals surface area contributed by atoms with Crippen molar-refractivity contribution in [2.75, 3.05) is 11.9 Å². The molecule has 0 aliphatic carbocycles. The molecule has 0 atom stereocenters. The van der Waals surface area contributed by atoms with E-state index in [1.807, 2.05) is 16.8 Å². The van der Waals surface area contributed by atoms with Gasteiger partial charge >= 0.3 is 5.97 Å². The number of aromatic carboxylic acids is 1. The summed E-state index contributed by atoms with van der Waals surface area (Å²) >= 11 is 0. The number of nitrogens with zero attached hydrogens (tertiary/aromatic N) is 2. The number of nitrogens with one attached hydrogen (secondary N) is 1. The van der Waals surface area contributed by atoms with E-state index in [0.29, 0.717) is 5.56 Å². The predicted octanol–water partition coefficient (Wildman–Crippen LogP) is 2.08. The van der Waals surface area contributed by atoms with Crippen molar-refractivity contribution in [2.24, 2.45) is 0 Å². The lowest BCUT2D eigenvalue weighted by Gasteiger charge is -2.07. The lowest BCUT2D eigenvalue weighted by molar-refractivity contribution is 0.0697. The number of benzene rings is 1. The molecule has 0 saturated heterocycles. The summed E-state index contributed by atoms with van der Waals surface area (Å²) in [5, 5.41) is 12.1. The predicted molar refractivity (Wildman–Crippen MR) is 68.7 cm³/mol. The van der Waals surface area contributed by atoms with Gasteiger partial charge in [-0.2, -0.15) is 0 Å². The Morgan fingerprint density at radius 2 is 2.33 bits per heavy atom. The number of imidazole rings is 1. The highest BCUT2D eigenvalue weighted by atomic mass is 16.4. The largest absolute Gasteiger partial charge is 0.478 e. The highest BCUT2D eigenvalue weighted by Gasteiger charge is 2.02. The van der Waals surface area contributed by atoms with Gasteiger partial charge in [0.25, 0.3) is 0 Å². The second-order valence-electron chi connectivity index (χ2n) is 3.97. The highest BCUT2D eigenvalue weighted by molar-refractivity contribution is 5.88. The number of hydrogen-bond donors (Lipinski definition) is 2.